The smallest absolute Gasteiger partial charge is 0.416 e. The summed E-state index contributed by atoms with van der Waals surface area (Å²) in [5, 5.41) is 19.9. The second kappa shape index (κ2) is 7.94. The van der Waals surface area contributed by atoms with Gasteiger partial charge in [0.05, 0.1) is 5.56 Å². The van der Waals surface area contributed by atoms with Crippen LogP contribution in [0.5, 0.6) is 0 Å². The molecule has 0 saturated heterocycles. The summed E-state index contributed by atoms with van der Waals surface area (Å²) in [6.45, 7) is 5.16. The highest BCUT2D eigenvalue weighted by atomic mass is 19.4. The third-order valence-corrected chi connectivity index (χ3v) is 2.17. The van der Waals surface area contributed by atoms with E-state index in [9.17, 15) is 18.0 Å². The Kier molecular flexibility index (Phi) is 7.00. The van der Waals surface area contributed by atoms with Gasteiger partial charge in [0.25, 0.3) is 5.91 Å². The monoisotopic (exact) mass is 300 g/mol. The molecule has 0 spiro atoms. The Morgan fingerprint density at radius 1 is 1.24 bits per heavy atom. The summed E-state index contributed by atoms with van der Waals surface area (Å²) in [7, 11) is 0. The summed E-state index contributed by atoms with van der Waals surface area (Å²) >= 11 is 0. The second-order valence-corrected chi connectivity index (χ2v) is 3.60. The van der Waals surface area contributed by atoms with Crippen molar-refractivity contribution in [3.05, 3.63) is 41.2 Å². The Bertz CT molecular complexity index is 551. The largest absolute Gasteiger partial charge is 0.511 e. The first-order chi connectivity index (χ1) is 9.75. The van der Waals surface area contributed by atoms with Crippen molar-refractivity contribution in [2.45, 2.75) is 26.9 Å². The van der Waals surface area contributed by atoms with Gasteiger partial charge in [-0.15, -0.1) is 0 Å². The molecule has 1 aromatic rings. The van der Waals surface area contributed by atoms with Crippen molar-refractivity contribution < 1.29 is 23.1 Å². The van der Waals surface area contributed by atoms with E-state index in [2.05, 4.69) is 5.32 Å². The third-order valence-electron chi connectivity index (χ3n) is 2.17. The first-order valence-corrected chi connectivity index (χ1v) is 6.04. The van der Waals surface area contributed by atoms with Gasteiger partial charge in [-0.2, -0.15) is 18.4 Å². The highest BCUT2D eigenvalue weighted by molar-refractivity contribution is 6.06. The molecule has 0 aliphatic rings. The number of nitriles is 1. The number of nitrogens with zero attached hydrogens (tertiary/aromatic N) is 1. The van der Waals surface area contributed by atoms with Crippen molar-refractivity contribution in [3.63, 3.8) is 0 Å². The van der Waals surface area contributed by atoms with E-state index in [0.717, 1.165) is 31.2 Å². The zero-order valence-electron chi connectivity index (χ0n) is 11.7. The number of hydrogen-bond acceptors (Lipinski definition) is 3. The number of nitrogens with one attached hydrogen (secondary N) is 1. The Labute approximate surface area is 120 Å². The molecule has 0 unspecified atom stereocenters. The quantitative estimate of drug-likeness (QED) is 0.492. The van der Waals surface area contributed by atoms with Crippen LogP contribution in [0.25, 0.3) is 0 Å². The maximum atomic E-state index is 12.3. The summed E-state index contributed by atoms with van der Waals surface area (Å²) < 4.78 is 36.9. The van der Waals surface area contributed by atoms with Crippen LogP contribution in [0.15, 0.2) is 35.6 Å². The van der Waals surface area contributed by atoms with Crippen molar-refractivity contribution in [1.82, 2.24) is 0 Å². The molecule has 0 aliphatic carbocycles. The molecule has 0 radical (unpaired) electrons. The predicted molar refractivity (Wildman–Crippen MR) is 72.4 cm³/mol. The fraction of sp³-hybridized carbons (Fsp3) is 0.286. The molecule has 0 saturated carbocycles. The van der Waals surface area contributed by atoms with Crippen LogP contribution in [0.3, 0.4) is 0 Å². The Morgan fingerprint density at radius 3 is 2.05 bits per heavy atom. The molecule has 0 fully saturated rings. The number of amides is 1. The molecule has 1 amide bonds. The molecule has 0 atom stereocenters. The van der Waals surface area contributed by atoms with Gasteiger partial charge in [0.1, 0.15) is 11.8 Å². The van der Waals surface area contributed by atoms with Crippen LogP contribution in [0.4, 0.5) is 18.9 Å². The maximum absolute atomic E-state index is 12.3. The summed E-state index contributed by atoms with van der Waals surface area (Å²) in [5.41, 5.74) is -1.26. The zero-order valence-corrected chi connectivity index (χ0v) is 11.7. The van der Waals surface area contributed by atoms with Crippen molar-refractivity contribution in [3.8, 4) is 6.07 Å². The summed E-state index contributed by atoms with van der Waals surface area (Å²) in [6.07, 6.45) is -4.46. The van der Waals surface area contributed by atoms with Crippen LogP contribution in [-0.4, -0.2) is 11.0 Å². The number of aliphatic hydroxyl groups is 1. The number of aliphatic hydroxyl groups excluding tert-OH is 1. The summed E-state index contributed by atoms with van der Waals surface area (Å²) in [4.78, 5) is 11.5. The highest BCUT2D eigenvalue weighted by Gasteiger charge is 2.30. The summed E-state index contributed by atoms with van der Waals surface area (Å²) in [6, 6.07) is 5.22. The van der Waals surface area contributed by atoms with Gasteiger partial charge in [0, 0.05) is 5.69 Å². The van der Waals surface area contributed by atoms with Gasteiger partial charge in [0.15, 0.2) is 5.57 Å². The number of halogens is 3. The first kappa shape index (κ1) is 18.5. The molecule has 21 heavy (non-hydrogen) atoms. The van der Waals surface area contributed by atoms with Crippen LogP contribution >= 0.6 is 0 Å². The molecule has 0 bridgehead atoms. The Balaban J connectivity index is 0.00000191. The van der Waals surface area contributed by atoms with Gasteiger partial charge in [-0.3, -0.25) is 4.79 Å². The van der Waals surface area contributed by atoms with Gasteiger partial charge in [-0.05, 0) is 31.2 Å². The lowest BCUT2D eigenvalue weighted by Gasteiger charge is -2.08. The Hall–Kier alpha value is -2.49. The number of carbonyl (C=O) groups excluding carboxylic acids is 1. The van der Waals surface area contributed by atoms with Crippen molar-refractivity contribution in [1.29, 1.82) is 5.26 Å². The number of carbonyl (C=O) groups is 1. The number of benzene rings is 1. The number of anilines is 1. The van der Waals surface area contributed by atoms with Gasteiger partial charge in [-0.1, -0.05) is 13.8 Å². The van der Waals surface area contributed by atoms with Crippen LogP contribution in [-0.2, 0) is 11.0 Å². The average Bonchev–Trinajstić information content (AvgIpc) is 2.41. The predicted octanol–water partition coefficient (Wildman–Crippen LogP) is 4.03. The number of rotatable bonds is 2. The molecular weight excluding hydrogens is 285 g/mol. The van der Waals surface area contributed by atoms with E-state index in [1.54, 1.807) is 0 Å². The van der Waals surface area contributed by atoms with Gasteiger partial charge in [-0.25, -0.2) is 0 Å². The van der Waals surface area contributed by atoms with Crippen LogP contribution in [0, 0.1) is 11.3 Å². The maximum Gasteiger partial charge on any atom is 0.416 e. The van der Waals surface area contributed by atoms with Crippen molar-refractivity contribution >= 4 is 11.6 Å². The minimum Gasteiger partial charge on any atom is -0.511 e. The van der Waals surface area contributed by atoms with Gasteiger partial charge < -0.3 is 10.4 Å². The van der Waals surface area contributed by atoms with E-state index in [4.69, 9.17) is 10.4 Å². The minimum absolute atomic E-state index is 0.0898. The summed E-state index contributed by atoms with van der Waals surface area (Å²) in [5.74, 6) is -1.35. The molecule has 0 aromatic heterocycles. The lowest BCUT2D eigenvalue weighted by Crippen LogP contribution is -2.15. The lowest BCUT2D eigenvalue weighted by molar-refractivity contribution is -0.137. The van der Waals surface area contributed by atoms with Crippen molar-refractivity contribution in [2.24, 2.45) is 0 Å². The molecule has 2 N–H and O–H groups in total. The molecule has 0 heterocycles. The van der Waals surface area contributed by atoms with E-state index < -0.39 is 29.0 Å². The van der Waals surface area contributed by atoms with Crippen LogP contribution in [0.1, 0.15) is 26.3 Å². The molecule has 1 rings (SSSR count). The van der Waals surface area contributed by atoms with E-state index >= 15 is 0 Å². The number of hydrogen-bond donors (Lipinski definition) is 2. The highest BCUT2D eigenvalue weighted by Crippen LogP contribution is 2.29. The average molecular weight is 300 g/mol. The fourth-order valence-electron chi connectivity index (χ4n) is 1.23. The van der Waals surface area contributed by atoms with E-state index in [1.165, 1.54) is 6.07 Å². The number of alkyl halides is 3. The SMILES string of the molecule is C/C(O)=C(\C#N)C(=O)Nc1ccc(C(F)(F)F)cc1.CC. The molecule has 7 heteroatoms. The molecule has 114 valence electrons. The molecule has 1 aromatic carbocycles. The third kappa shape index (κ3) is 5.57. The van der Waals surface area contributed by atoms with E-state index in [0.29, 0.717) is 0 Å². The van der Waals surface area contributed by atoms with Gasteiger partial charge >= 0.3 is 6.18 Å². The van der Waals surface area contributed by atoms with Gasteiger partial charge in [0.2, 0.25) is 0 Å². The fourth-order valence-corrected chi connectivity index (χ4v) is 1.23. The van der Waals surface area contributed by atoms with E-state index in [1.807, 2.05) is 13.8 Å². The molecule has 0 aliphatic heterocycles. The number of allylic oxidation sites excluding steroid dienone is 1. The van der Waals surface area contributed by atoms with Crippen LogP contribution < -0.4 is 5.32 Å². The Morgan fingerprint density at radius 2 is 1.71 bits per heavy atom. The van der Waals surface area contributed by atoms with E-state index in [-0.39, 0.29) is 5.69 Å². The second-order valence-electron chi connectivity index (χ2n) is 3.60. The topological polar surface area (TPSA) is 73.1 Å². The zero-order chi connectivity index (χ0) is 16.6. The normalized spacial score (nSPS) is 11.5. The lowest BCUT2D eigenvalue weighted by atomic mass is 10.2. The van der Waals surface area contributed by atoms with Crippen LogP contribution in [0.2, 0.25) is 0 Å². The molecule has 4 nitrogen and oxygen atoms in total. The van der Waals surface area contributed by atoms with Crippen molar-refractivity contribution in [2.75, 3.05) is 5.32 Å². The molecular formula is C14H15F3N2O2. The minimum atomic E-state index is -4.46. The first-order valence-electron chi connectivity index (χ1n) is 6.04. The standard InChI is InChI=1S/C12H9F3N2O2.C2H6/c1-7(18)10(6-16)11(19)17-9-4-2-8(3-5-9)12(13,14)15;1-2/h2-5,18H,1H3,(H,17,19);1-2H3/b10-7-;.